The standard InChI is InChI=1S/C13H11Br3S/c1-8-6-12(17-13(8)16)11(15)7-9-2-4-10(14)5-3-9/h2-6,11H,7H2,1H3. The molecule has 1 aromatic heterocycles. The first-order chi connectivity index (χ1) is 8.06. The molecule has 1 atom stereocenters. The van der Waals surface area contributed by atoms with Crippen LogP contribution in [0.5, 0.6) is 0 Å². The van der Waals surface area contributed by atoms with Gasteiger partial charge in [0, 0.05) is 9.35 Å². The van der Waals surface area contributed by atoms with Gasteiger partial charge < -0.3 is 0 Å². The molecule has 0 bridgehead atoms. The number of aryl methyl sites for hydroxylation is 1. The van der Waals surface area contributed by atoms with Crippen LogP contribution in [0.3, 0.4) is 0 Å². The Kier molecular flexibility index (Phi) is 4.87. The summed E-state index contributed by atoms with van der Waals surface area (Å²) in [6.07, 6.45) is 1.01. The highest BCUT2D eigenvalue weighted by Gasteiger charge is 2.12. The molecule has 0 nitrogen and oxygen atoms in total. The van der Waals surface area contributed by atoms with Crippen LogP contribution in [0.25, 0.3) is 0 Å². The van der Waals surface area contributed by atoms with Crippen molar-refractivity contribution < 1.29 is 0 Å². The van der Waals surface area contributed by atoms with E-state index in [1.165, 1.54) is 19.8 Å². The topological polar surface area (TPSA) is 0 Å². The molecule has 1 aromatic carbocycles. The number of halogens is 3. The second-order valence-electron chi connectivity index (χ2n) is 3.90. The predicted molar refractivity (Wildman–Crippen MR) is 86.3 cm³/mol. The van der Waals surface area contributed by atoms with Crippen LogP contribution in [0.4, 0.5) is 0 Å². The van der Waals surface area contributed by atoms with Crippen molar-refractivity contribution >= 4 is 59.1 Å². The lowest BCUT2D eigenvalue weighted by atomic mass is 10.1. The van der Waals surface area contributed by atoms with Gasteiger partial charge in [0.25, 0.3) is 0 Å². The van der Waals surface area contributed by atoms with E-state index in [4.69, 9.17) is 0 Å². The van der Waals surface area contributed by atoms with Crippen molar-refractivity contribution in [1.82, 2.24) is 0 Å². The Morgan fingerprint density at radius 1 is 1.18 bits per heavy atom. The maximum Gasteiger partial charge on any atom is 0.0730 e. The third kappa shape index (κ3) is 3.66. The number of hydrogen-bond donors (Lipinski definition) is 0. The summed E-state index contributed by atoms with van der Waals surface area (Å²) < 4.78 is 2.36. The first kappa shape index (κ1) is 13.8. The first-order valence-corrected chi connectivity index (χ1v) is 8.52. The van der Waals surface area contributed by atoms with E-state index in [2.05, 4.69) is 85.0 Å². The second kappa shape index (κ2) is 6.00. The number of benzene rings is 1. The Morgan fingerprint density at radius 2 is 1.82 bits per heavy atom. The summed E-state index contributed by atoms with van der Waals surface area (Å²) in [6, 6.07) is 10.7. The van der Waals surface area contributed by atoms with Gasteiger partial charge in [-0.3, -0.25) is 0 Å². The summed E-state index contributed by atoms with van der Waals surface area (Å²) in [5.41, 5.74) is 2.66. The summed E-state index contributed by atoms with van der Waals surface area (Å²) >= 11 is 12.6. The van der Waals surface area contributed by atoms with Crippen molar-refractivity contribution in [2.45, 2.75) is 18.2 Å². The normalized spacial score (nSPS) is 12.7. The zero-order chi connectivity index (χ0) is 12.4. The second-order valence-corrected chi connectivity index (χ2v) is 8.33. The van der Waals surface area contributed by atoms with E-state index in [0.717, 1.165) is 10.9 Å². The van der Waals surface area contributed by atoms with Crippen molar-refractivity contribution in [3.63, 3.8) is 0 Å². The molecule has 0 spiro atoms. The minimum absolute atomic E-state index is 0.388. The van der Waals surface area contributed by atoms with E-state index in [1.54, 1.807) is 11.3 Å². The average molecular weight is 439 g/mol. The highest BCUT2D eigenvalue weighted by Crippen LogP contribution is 2.37. The molecule has 0 amide bonds. The van der Waals surface area contributed by atoms with Crippen molar-refractivity contribution in [2.75, 3.05) is 0 Å². The van der Waals surface area contributed by atoms with E-state index in [-0.39, 0.29) is 0 Å². The first-order valence-electron chi connectivity index (χ1n) is 5.20. The molecule has 4 heteroatoms. The Balaban J connectivity index is 2.11. The fourth-order valence-electron chi connectivity index (χ4n) is 1.57. The molecule has 0 fully saturated rings. The van der Waals surface area contributed by atoms with Crippen LogP contribution < -0.4 is 0 Å². The molecule has 17 heavy (non-hydrogen) atoms. The fraction of sp³-hybridized carbons (Fsp3) is 0.231. The van der Waals surface area contributed by atoms with Crippen molar-refractivity contribution in [3.05, 3.63) is 54.6 Å². The van der Waals surface area contributed by atoms with Gasteiger partial charge in [-0.1, -0.05) is 44.0 Å². The van der Waals surface area contributed by atoms with Crippen LogP contribution >= 0.6 is 59.1 Å². The van der Waals surface area contributed by atoms with Gasteiger partial charge in [-0.05, 0) is 58.6 Å². The van der Waals surface area contributed by atoms with Crippen molar-refractivity contribution in [2.24, 2.45) is 0 Å². The smallest absolute Gasteiger partial charge is 0.0730 e. The van der Waals surface area contributed by atoms with E-state index in [9.17, 15) is 0 Å². The lowest BCUT2D eigenvalue weighted by Crippen LogP contribution is -1.92. The molecule has 1 unspecified atom stereocenters. The van der Waals surface area contributed by atoms with Crippen LogP contribution in [0, 0.1) is 6.92 Å². The minimum atomic E-state index is 0.388. The van der Waals surface area contributed by atoms with Gasteiger partial charge >= 0.3 is 0 Å². The van der Waals surface area contributed by atoms with Crippen LogP contribution in [0.1, 0.15) is 20.8 Å². The molecular weight excluding hydrogens is 428 g/mol. The molecule has 0 aliphatic rings. The Hall–Kier alpha value is 0.360. The van der Waals surface area contributed by atoms with Crippen LogP contribution in [-0.4, -0.2) is 0 Å². The fourth-order valence-corrected chi connectivity index (χ4v) is 4.17. The zero-order valence-corrected chi connectivity index (χ0v) is 14.8. The Bertz CT molecular complexity index is 482. The monoisotopic (exact) mass is 436 g/mol. The molecule has 0 aliphatic heterocycles. The van der Waals surface area contributed by atoms with E-state index < -0.39 is 0 Å². The van der Waals surface area contributed by atoms with Gasteiger partial charge in [-0.2, -0.15) is 0 Å². The Labute approximate surface area is 131 Å². The minimum Gasteiger partial charge on any atom is -0.132 e. The molecule has 0 aliphatic carbocycles. The quantitative estimate of drug-likeness (QED) is 0.496. The maximum atomic E-state index is 3.77. The molecule has 0 saturated carbocycles. The van der Waals surface area contributed by atoms with Crippen molar-refractivity contribution in [1.29, 1.82) is 0 Å². The predicted octanol–water partition coefficient (Wildman–Crippen LogP) is 6.26. The number of thiophene rings is 1. The third-order valence-electron chi connectivity index (χ3n) is 2.51. The summed E-state index contributed by atoms with van der Waals surface area (Å²) in [5.74, 6) is 0. The molecule has 0 N–H and O–H groups in total. The number of rotatable bonds is 3. The maximum absolute atomic E-state index is 3.77. The Morgan fingerprint density at radius 3 is 2.35 bits per heavy atom. The molecule has 2 aromatic rings. The highest BCUT2D eigenvalue weighted by atomic mass is 79.9. The zero-order valence-electron chi connectivity index (χ0n) is 9.21. The highest BCUT2D eigenvalue weighted by molar-refractivity contribution is 9.11. The SMILES string of the molecule is Cc1cc(C(Br)Cc2ccc(Br)cc2)sc1Br. The summed E-state index contributed by atoms with van der Waals surface area (Å²) in [7, 11) is 0. The van der Waals surface area contributed by atoms with E-state index >= 15 is 0 Å². The van der Waals surface area contributed by atoms with Gasteiger partial charge in [-0.25, -0.2) is 0 Å². The van der Waals surface area contributed by atoms with Crippen LogP contribution in [0.15, 0.2) is 38.6 Å². The lowest BCUT2D eigenvalue weighted by molar-refractivity contribution is 0.968. The van der Waals surface area contributed by atoms with Gasteiger partial charge in [0.15, 0.2) is 0 Å². The lowest BCUT2D eigenvalue weighted by Gasteiger charge is -2.07. The van der Waals surface area contributed by atoms with Gasteiger partial charge in [0.05, 0.1) is 8.61 Å². The number of hydrogen-bond acceptors (Lipinski definition) is 1. The molecule has 0 saturated heterocycles. The van der Waals surface area contributed by atoms with Crippen molar-refractivity contribution in [3.8, 4) is 0 Å². The summed E-state index contributed by atoms with van der Waals surface area (Å²) in [4.78, 5) is 1.76. The molecule has 2 rings (SSSR count). The number of alkyl halides is 1. The largest absolute Gasteiger partial charge is 0.132 e. The van der Waals surface area contributed by atoms with Crippen LogP contribution in [-0.2, 0) is 6.42 Å². The van der Waals surface area contributed by atoms with Gasteiger partial charge in [-0.15, -0.1) is 11.3 Å². The van der Waals surface area contributed by atoms with Crippen LogP contribution in [0.2, 0.25) is 0 Å². The summed E-state index contributed by atoms with van der Waals surface area (Å²) in [5, 5.41) is 0. The summed E-state index contributed by atoms with van der Waals surface area (Å²) in [6.45, 7) is 2.13. The van der Waals surface area contributed by atoms with E-state index in [0.29, 0.717) is 4.83 Å². The third-order valence-corrected chi connectivity index (χ3v) is 6.41. The average Bonchev–Trinajstić information content (AvgIpc) is 2.63. The molecular formula is C13H11Br3S. The molecule has 1 heterocycles. The molecule has 0 radical (unpaired) electrons. The molecule has 90 valence electrons. The van der Waals surface area contributed by atoms with Gasteiger partial charge in [0.1, 0.15) is 0 Å². The van der Waals surface area contributed by atoms with Gasteiger partial charge in [0.2, 0.25) is 0 Å². The van der Waals surface area contributed by atoms with E-state index in [1.807, 2.05) is 0 Å².